The van der Waals surface area contributed by atoms with Crippen LogP contribution in [0.1, 0.15) is 28.9 Å². The second-order valence-corrected chi connectivity index (χ2v) is 5.67. The van der Waals surface area contributed by atoms with E-state index in [4.69, 9.17) is 0 Å². The molecule has 0 saturated heterocycles. The molecule has 19 heavy (non-hydrogen) atoms. The summed E-state index contributed by atoms with van der Waals surface area (Å²) in [6, 6.07) is 6.09. The van der Waals surface area contributed by atoms with Gasteiger partial charge in [0.25, 0.3) is 5.91 Å². The van der Waals surface area contributed by atoms with Gasteiger partial charge in [0.15, 0.2) is 0 Å². The van der Waals surface area contributed by atoms with Gasteiger partial charge >= 0.3 is 0 Å². The van der Waals surface area contributed by atoms with Crippen LogP contribution in [0.3, 0.4) is 0 Å². The SMILES string of the molecule is O=C(c1cc(Br)c[nH]1)N(Cc1cccnc1)C1CC1. The molecule has 1 N–H and O–H groups in total. The molecule has 1 aliphatic carbocycles. The molecule has 1 aliphatic rings. The van der Waals surface area contributed by atoms with Gasteiger partial charge < -0.3 is 9.88 Å². The van der Waals surface area contributed by atoms with Crippen molar-refractivity contribution in [1.82, 2.24) is 14.9 Å². The average molecular weight is 320 g/mol. The maximum atomic E-state index is 12.5. The largest absolute Gasteiger partial charge is 0.356 e. The van der Waals surface area contributed by atoms with Crippen molar-refractivity contribution in [2.24, 2.45) is 0 Å². The first-order valence-corrected chi connectivity index (χ1v) is 7.07. The molecular formula is C14H14BrN3O. The van der Waals surface area contributed by atoms with Gasteiger partial charge in [-0.05, 0) is 46.5 Å². The van der Waals surface area contributed by atoms with Gasteiger partial charge in [0.2, 0.25) is 0 Å². The molecule has 98 valence electrons. The maximum absolute atomic E-state index is 12.5. The van der Waals surface area contributed by atoms with Crippen LogP contribution in [-0.4, -0.2) is 26.8 Å². The Balaban J connectivity index is 1.79. The number of carbonyl (C=O) groups excluding carboxylic acids is 1. The third-order valence-electron chi connectivity index (χ3n) is 3.20. The summed E-state index contributed by atoms with van der Waals surface area (Å²) in [7, 11) is 0. The van der Waals surface area contributed by atoms with Gasteiger partial charge in [-0.25, -0.2) is 0 Å². The molecule has 0 radical (unpaired) electrons. The first-order chi connectivity index (χ1) is 9.24. The highest BCUT2D eigenvalue weighted by Crippen LogP contribution is 2.29. The zero-order valence-corrected chi connectivity index (χ0v) is 11.9. The minimum absolute atomic E-state index is 0.0528. The molecule has 1 fully saturated rings. The topological polar surface area (TPSA) is 49.0 Å². The van der Waals surface area contributed by atoms with Gasteiger partial charge in [-0.1, -0.05) is 6.07 Å². The third-order valence-corrected chi connectivity index (χ3v) is 3.66. The van der Waals surface area contributed by atoms with E-state index < -0.39 is 0 Å². The highest BCUT2D eigenvalue weighted by atomic mass is 79.9. The zero-order chi connectivity index (χ0) is 13.2. The number of halogens is 1. The van der Waals surface area contributed by atoms with E-state index in [1.807, 2.05) is 29.3 Å². The zero-order valence-electron chi connectivity index (χ0n) is 10.3. The van der Waals surface area contributed by atoms with Crippen molar-refractivity contribution < 1.29 is 4.79 Å². The minimum atomic E-state index is 0.0528. The molecule has 3 rings (SSSR count). The van der Waals surface area contributed by atoms with Crippen molar-refractivity contribution in [3.05, 3.63) is 52.5 Å². The Morgan fingerprint density at radius 2 is 2.37 bits per heavy atom. The number of nitrogens with one attached hydrogen (secondary N) is 1. The van der Waals surface area contributed by atoms with Crippen LogP contribution in [0.5, 0.6) is 0 Å². The summed E-state index contributed by atoms with van der Waals surface area (Å²) in [5.41, 5.74) is 1.69. The molecule has 2 heterocycles. The Bertz CT molecular complexity index is 577. The monoisotopic (exact) mass is 319 g/mol. The van der Waals surface area contributed by atoms with E-state index in [1.165, 1.54) is 0 Å². The lowest BCUT2D eigenvalue weighted by Crippen LogP contribution is -2.32. The van der Waals surface area contributed by atoms with Gasteiger partial charge in [-0.15, -0.1) is 0 Å². The lowest BCUT2D eigenvalue weighted by Gasteiger charge is -2.21. The number of nitrogens with zero attached hydrogens (tertiary/aromatic N) is 2. The number of hydrogen-bond donors (Lipinski definition) is 1. The van der Waals surface area contributed by atoms with Crippen LogP contribution < -0.4 is 0 Å². The normalized spacial score (nSPS) is 14.4. The number of aromatic nitrogens is 2. The van der Waals surface area contributed by atoms with Crippen molar-refractivity contribution in [2.45, 2.75) is 25.4 Å². The summed E-state index contributed by atoms with van der Waals surface area (Å²) >= 11 is 3.36. The molecule has 0 spiro atoms. The molecule has 0 bridgehead atoms. The molecule has 4 nitrogen and oxygen atoms in total. The second-order valence-electron chi connectivity index (χ2n) is 4.76. The predicted octanol–water partition coefficient (Wildman–Crippen LogP) is 2.98. The lowest BCUT2D eigenvalue weighted by atomic mass is 10.2. The van der Waals surface area contributed by atoms with Crippen molar-refractivity contribution >= 4 is 21.8 Å². The molecule has 2 aromatic heterocycles. The van der Waals surface area contributed by atoms with Crippen LogP contribution in [0.4, 0.5) is 0 Å². The van der Waals surface area contributed by atoms with Crippen LogP contribution in [0.15, 0.2) is 41.3 Å². The van der Waals surface area contributed by atoms with E-state index in [-0.39, 0.29) is 5.91 Å². The average Bonchev–Trinajstić information content (AvgIpc) is 3.18. The number of carbonyl (C=O) groups is 1. The number of rotatable bonds is 4. The fourth-order valence-corrected chi connectivity index (χ4v) is 2.43. The fraction of sp³-hybridized carbons (Fsp3) is 0.286. The lowest BCUT2D eigenvalue weighted by molar-refractivity contribution is 0.0724. The van der Waals surface area contributed by atoms with Gasteiger partial charge in [-0.3, -0.25) is 9.78 Å². The van der Waals surface area contributed by atoms with Crippen molar-refractivity contribution in [3.8, 4) is 0 Å². The Hall–Kier alpha value is -1.62. The second kappa shape index (κ2) is 5.17. The molecule has 5 heteroatoms. The number of H-pyrrole nitrogens is 1. The Morgan fingerprint density at radius 3 is 2.95 bits per heavy atom. The summed E-state index contributed by atoms with van der Waals surface area (Å²) in [6.45, 7) is 0.619. The molecule has 0 unspecified atom stereocenters. The highest BCUT2D eigenvalue weighted by molar-refractivity contribution is 9.10. The van der Waals surface area contributed by atoms with Crippen molar-refractivity contribution in [2.75, 3.05) is 0 Å². The molecule has 2 aromatic rings. The summed E-state index contributed by atoms with van der Waals surface area (Å²) in [4.78, 5) is 21.5. The fourth-order valence-electron chi connectivity index (χ4n) is 2.09. The predicted molar refractivity (Wildman–Crippen MR) is 75.6 cm³/mol. The number of aromatic amines is 1. The third kappa shape index (κ3) is 2.87. The highest BCUT2D eigenvalue weighted by Gasteiger charge is 2.33. The summed E-state index contributed by atoms with van der Waals surface area (Å²) in [6.07, 6.45) is 7.52. The number of amides is 1. The molecule has 0 atom stereocenters. The number of hydrogen-bond acceptors (Lipinski definition) is 2. The van der Waals surface area contributed by atoms with E-state index in [2.05, 4.69) is 25.9 Å². The van der Waals surface area contributed by atoms with Crippen LogP contribution >= 0.6 is 15.9 Å². The van der Waals surface area contributed by atoms with Crippen LogP contribution in [0, 0.1) is 0 Å². The van der Waals surface area contributed by atoms with E-state index in [0.29, 0.717) is 18.3 Å². The maximum Gasteiger partial charge on any atom is 0.270 e. The summed E-state index contributed by atoms with van der Waals surface area (Å²) < 4.78 is 0.896. The van der Waals surface area contributed by atoms with Crippen LogP contribution in [-0.2, 0) is 6.54 Å². The molecule has 1 saturated carbocycles. The first-order valence-electron chi connectivity index (χ1n) is 6.28. The molecule has 0 aliphatic heterocycles. The standard InChI is InChI=1S/C14H14BrN3O/c15-11-6-13(17-8-11)14(19)18(12-3-4-12)9-10-2-1-5-16-7-10/h1-2,5-8,12,17H,3-4,9H2. The summed E-state index contributed by atoms with van der Waals surface area (Å²) in [5, 5.41) is 0. The smallest absolute Gasteiger partial charge is 0.270 e. The van der Waals surface area contributed by atoms with Gasteiger partial charge in [0.1, 0.15) is 5.69 Å². The van der Waals surface area contributed by atoms with Crippen molar-refractivity contribution in [1.29, 1.82) is 0 Å². The minimum Gasteiger partial charge on any atom is -0.356 e. The van der Waals surface area contributed by atoms with Gasteiger partial charge in [0, 0.05) is 35.6 Å². The molecule has 0 aromatic carbocycles. The Morgan fingerprint density at radius 1 is 1.53 bits per heavy atom. The van der Waals surface area contributed by atoms with E-state index in [0.717, 1.165) is 22.9 Å². The van der Waals surface area contributed by atoms with E-state index >= 15 is 0 Å². The van der Waals surface area contributed by atoms with Crippen LogP contribution in [0.2, 0.25) is 0 Å². The molecular weight excluding hydrogens is 306 g/mol. The van der Waals surface area contributed by atoms with E-state index in [9.17, 15) is 4.79 Å². The quantitative estimate of drug-likeness (QED) is 0.941. The number of pyridine rings is 1. The first kappa shape index (κ1) is 12.4. The van der Waals surface area contributed by atoms with Crippen molar-refractivity contribution in [3.63, 3.8) is 0 Å². The van der Waals surface area contributed by atoms with Crippen LogP contribution in [0.25, 0.3) is 0 Å². The Labute approximate surface area is 120 Å². The summed E-state index contributed by atoms with van der Waals surface area (Å²) in [5.74, 6) is 0.0528. The van der Waals surface area contributed by atoms with Gasteiger partial charge in [-0.2, -0.15) is 0 Å². The molecule has 1 amide bonds. The van der Waals surface area contributed by atoms with Gasteiger partial charge in [0.05, 0.1) is 0 Å². The van der Waals surface area contributed by atoms with E-state index in [1.54, 1.807) is 12.4 Å². The Kier molecular flexibility index (Phi) is 3.38.